The first-order chi connectivity index (χ1) is 16.7. The SMILES string of the molecule is CNC(=O)C1CN(C(=O)Nc2ccc3c(c2)OCCO3)CCN1c1ccc(C#N)c(C(F)(F)F)c1. The number of nitriles is 1. The van der Waals surface area contributed by atoms with Crippen molar-refractivity contribution in [3.05, 3.63) is 47.5 Å². The number of benzene rings is 2. The second kappa shape index (κ2) is 9.61. The monoisotopic (exact) mass is 489 g/mol. The highest BCUT2D eigenvalue weighted by atomic mass is 19.4. The number of likely N-dealkylation sites (N-methyl/N-ethyl adjacent to an activating group) is 1. The number of anilines is 2. The number of ether oxygens (including phenoxy) is 2. The van der Waals surface area contributed by atoms with Gasteiger partial charge in [-0.15, -0.1) is 0 Å². The number of nitrogens with zero attached hydrogens (tertiary/aromatic N) is 3. The van der Waals surface area contributed by atoms with Crippen LogP contribution < -0.4 is 25.0 Å². The van der Waals surface area contributed by atoms with Gasteiger partial charge in [-0.2, -0.15) is 18.4 Å². The van der Waals surface area contributed by atoms with Crippen molar-refractivity contribution in [2.75, 3.05) is 50.1 Å². The molecule has 2 N–H and O–H groups in total. The summed E-state index contributed by atoms with van der Waals surface area (Å²) >= 11 is 0. The first-order valence-corrected chi connectivity index (χ1v) is 10.8. The Bertz CT molecular complexity index is 1180. The first-order valence-electron chi connectivity index (χ1n) is 10.8. The van der Waals surface area contributed by atoms with Crippen molar-refractivity contribution in [2.24, 2.45) is 0 Å². The molecule has 2 aliphatic heterocycles. The maximum Gasteiger partial charge on any atom is 0.417 e. The van der Waals surface area contributed by atoms with Gasteiger partial charge in [0.15, 0.2) is 11.5 Å². The van der Waals surface area contributed by atoms with E-state index in [2.05, 4.69) is 10.6 Å². The van der Waals surface area contributed by atoms with Crippen molar-refractivity contribution < 1.29 is 32.2 Å². The molecule has 184 valence electrons. The van der Waals surface area contributed by atoms with Crippen LogP contribution >= 0.6 is 0 Å². The number of carbonyl (C=O) groups is 2. The van der Waals surface area contributed by atoms with Crippen molar-refractivity contribution in [1.82, 2.24) is 10.2 Å². The van der Waals surface area contributed by atoms with Gasteiger partial charge < -0.3 is 29.9 Å². The molecule has 9 nitrogen and oxygen atoms in total. The lowest BCUT2D eigenvalue weighted by Gasteiger charge is -2.41. The topological polar surface area (TPSA) is 107 Å². The number of nitrogens with one attached hydrogen (secondary N) is 2. The highest BCUT2D eigenvalue weighted by Crippen LogP contribution is 2.36. The lowest BCUT2D eigenvalue weighted by molar-refractivity contribution is -0.137. The highest BCUT2D eigenvalue weighted by molar-refractivity contribution is 5.92. The van der Waals surface area contributed by atoms with Gasteiger partial charge in [0.25, 0.3) is 0 Å². The maximum absolute atomic E-state index is 13.5. The summed E-state index contributed by atoms with van der Waals surface area (Å²) < 4.78 is 51.4. The molecule has 1 unspecified atom stereocenters. The van der Waals surface area contributed by atoms with Crippen LogP contribution in [0.1, 0.15) is 11.1 Å². The van der Waals surface area contributed by atoms with Crippen LogP contribution in [0.3, 0.4) is 0 Å². The number of hydrogen-bond donors (Lipinski definition) is 2. The summed E-state index contributed by atoms with van der Waals surface area (Å²) in [6.45, 7) is 1.04. The van der Waals surface area contributed by atoms with Crippen LogP contribution in [0.2, 0.25) is 0 Å². The van der Waals surface area contributed by atoms with E-state index in [1.807, 2.05) is 0 Å². The van der Waals surface area contributed by atoms with Crippen LogP contribution in [0.25, 0.3) is 0 Å². The maximum atomic E-state index is 13.5. The molecule has 0 aromatic heterocycles. The van der Waals surface area contributed by atoms with Gasteiger partial charge in [0.2, 0.25) is 5.91 Å². The first kappa shape index (κ1) is 24.0. The van der Waals surface area contributed by atoms with E-state index in [1.165, 1.54) is 22.9 Å². The number of rotatable bonds is 3. The molecule has 12 heteroatoms. The zero-order chi connectivity index (χ0) is 25.2. The van der Waals surface area contributed by atoms with Crippen LogP contribution in [0.5, 0.6) is 11.5 Å². The van der Waals surface area contributed by atoms with Gasteiger partial charge in [0.05, 0.1) is 23.7 Å². The number of piperazine rings is 1. The Morgan fingerprint density at radius 2 is 1.83 bits per heavy atom. The number of amides is 3. The summed E-state index contributed by atoms with van der Waals surface area (Å²) in [5.74, 6) is 0.617. The second-order valence-electron chi connectivity index (χ2n) is 7.90. The summed E-state index contributed by atoms with van der Waals surface area (Å²) in [6.07, 6.45) is -4.73. The number of urea groups is 1. The van der Waals surface area contributed by atoms with E-state index in [0.29, 0.717) is 30.4 Å². The molecule has 2 aliphatic rings. The lowest BCUT2D eigenvalue weighted by Crippen LogP contribution is -2.60. The minimum Gasteiger partial charge on any atom is -0.486 e. The van der Waals surface area contributed by atoms with Gasteiger partial charge in [-0.05, 0) is 30.3 Å². The molecule has 1 saturated heterocycles. The molecule has 0 spiro atoms. The van der Waals surface area contributed by atoms with Crippen molar-refractivity contribution in [3.63, 3.8) is 0 Å². The Hall–Kier alpha value is -4.14. The lowest BCUT2D eigenvalue weighted by atomic mass is 10.0. The van der Waals surface area contributed by atoms with Crippen LogP contribution in [0, 0.1) is 11.3 Å². The van der Waals surface area contributed by atoms with Crippen molar-refractivity contribution in [2.45, 2.75) is 12.2 Å². The van der Waals surface area contributed by atoms with E-state index >= 15 is 0 Å². The fourth-order valence-electron chi connectivity index (χ4n) is 4.03. The fourth-order valence-corrected chi connectivity index (χ4v) is 4.03. The molecule has 1 atom stereocenters. The summed E-state index contributed by atoms with van der Waals surface area (Å²) in [7, 11) is 1.41. The molecule has 2 aromatic rings. The summed E-state index contributed by atoms with van der Waals surface area (Å²) in [5, 5.41) is 14.3. The third-order valence-corrected chi connectivity index (χ3v) is 5.77. The third-order valence-electron chi connectivity index (χ3n) is 5.77. The Kier molecular flexibility index (Phi) is 6.59. The number of hydrogen-bond acceptors (Lipinski definition) is 6. The van der Waals surface area contributed by atoms with Crippen LogP contribution in [-0.4, -0.2) is 62.8 Å². The molecular formula is C23H22F3N5O4. The molecule has 4 rings (SSSR count). The number of halogens is 3. The molecule has 2 aromatic carbocycles. The van der Waals surface area contributed by atoms with Gasteiger partial charge in [0, 0.05) is 37.6 Å². The van der Waals surface area contributed by atoms with Gasteiger partial charge >= 0.3 is 12.2 Å². The zero-order valence-electron chi connectivity index (χ0n) is 18.7. The summed E-state index contributed by atoms with van der Waals surface area (Å²) in [4.78, 5) is 28.5. The Labute approximate surface area is 199 Å². The number of fused-ring (bicyclic) bond motifs is 1. The fraction of sp³-hybridized carbons (Fsp3) is 0.348. The Morgan fingerprint density at radius 1 is 1.09 bits per heavy atom. The minimum absolute atomic E-state index is 0.0581. The molecule has 0 aliphatic carbocycles. The standard InChI is InChI=1S/C23H22F3N5O4/c1-28-21(32)18-13-30(22(33)29-15-3-5-19-20(10-15)35-9-8-34-19)6-7-31(18)16-4-2-14(12-27)17(11-16)23(24,25)26/h2-5,10-11,18H,6-9,13H2,1H3,(H,28,32)(H,29,33). The normalized spacial score (nSPS) is 17.4. The van der Waals surface area contributed by atoms with Gasteiger partial charge in [-0.25, -0.2) is 4.79 Å². The smallest absolute Gasteiger partial charge is 0.417 e. The van der Waals surface area contributed by atoms with Crippen molar-refractivity contribution >= 4 is 23.3 Å². The predicted octanol–water partition coefficient (Wildman–Crippen LogP) is 2.82. The van der Waals surface area contributed by atoms with Crippen LogP contribution in [-0.2, 0) is 11.0 Å². The Balaban J connectivity index is 1.53. The van der Waals surface area contributed by atoms with E-state index in [0.717, 1.165) is 12.1 Å². The summed E-state index contributed by atoms with van der Waals surface area (Å²) in [6, 6.07) is 8.43. The molecule has 0 bridgehead atoms. The average Bonchev–Trinajstić information content (AvgIpc) is 2.86. The quantitative estimate of drug-likeness (QED) is 0.687. The third kappa shape index (κ3) is 5.03. The molecule has 0 radical (unpaired) electrons. The summed E-state index contributed by atoms with van der Waals surface area (Å²) in [5.41, 5.74) is -0.973. The molecule has 1 fully saturated rings. The van der Waals surface area contributed by atoms with E-state index in [9.17, 15) is 22.8 Å². The van der Waals surface area contributed by atoms with Gasteiger partial charge in [-0.3, -0.25) is 4.79 Å². The van der Waals surface area contributed by atoms with E-state index in [1.54, 1.807) is 24.3 Å². The molecule has 35 heavy (non-hydrogen) atoms. The molecular weight excluding hydrogens is 467 g/mol. The average molecular weight is 489 g/mol. The van der Waals surface area contributed by atoms with E-state index in [-0.39, 0.29) is 25.3 Å². The molecule has 0 saturated carbocycles. The molecule has 2 heterocycles. The number of alkyl halides is 3. The molecule has 3 amide bonds. The van der Waals surface area contributed by atoms with Gasteiger partial charge in [0.1, 0.15) is 19.3 Å². The van der Waals surface area contributed by atoms with Crippen LogP contribution in [0.4, 0.5) is 29.3 Å². The second-order valence-corrected chi connectivity index (χ2v) is 7.90. The van der Waals surface area contributed by atoms with Crippen molar-refractivity contribution in [1.29, 1.82) is 5.26 Å². The predicted molar refractivity (Wildman–Crippen MR) is 119 cm³/mol. The Morgan fingerprint density at radius 3 is 2.51 bits per heavy atom. The zero-order valence-corrected chi connectivity index (χ0v) is 18.7. The minimum atomic E-state index is -4.73. The highest BCUT2D eigenvalue weighted by Gasteiger charge is 2.37. The van der Waals surface area contributed by atoms with Crippen LogP contribution in [0.15, 0.2) is 36.4 Å². The number of carbonyl (C=O) groups excluding carboxylic acids is 2. The van der Waals surface area contributed by atoms with Crippen molar-refractivity contribution in [3.8, 4) is 17.6 Å². The van der Waals surface area contributed by atoms with Gasteiger partial charge in [-0.1, -0.05) is 0 Å². The largest absolute Gasteiger partial charge is 0.486 e. The van der Waals surface area contributed by atoms with E-state index < -0.39 is 35.3 Å². The van der Waals surface area contributed by atoms with E-state index in [4.69, 9.17) is 14.7 Å².